The molecule has 0 bridgehead atoms. The zero-order valence-corrected chi connectivity index (χ0v) is 35.7. The number of hydrogen-bond acceptors (Lipinski definition) is 12. The van der Waals surface area contributed by atoms with Crippen molar-refractivity contribution in [2.75, 3.05) is 139 Å². The van der Waals surface area contributed by atoms with Crippen LogP contribution in [0.15, 0.2) is 0 Å². The zero-order chi connectivity index (χ0) is 39.6. The van der Waals surface area contributed by atoms with E-state index >= 15 is 0 Å². The Hall–Kier alpha value is -0.930. The molecule has 12 heteroatoms. The highest BCUT2D eigenvalue weighted by molar-refractivity contribution is 5.69. The van der Waals surface area contributed by atoms with Gasteiger partial charge in [-0.1, -0.05) is 117 Å². The Morgan fingerprint density at radius 2 is 0.473 bits per heavy atom. The summed E-state index contributed by atoms with van der Waals surface area (Å²) in [5, 5.41) is 0. The van der Waals surface area contributed by atoms with Crippen molar-refractivity contribution in [1.82, 2.24) is 0 Å². The highest BCUT2D eigenvalue weighted by Gasteiger charge is 2.03. The third kappa shape index (κ3) is 51.1. The van der Waals surface area contributed by atoms with Gasteiger partial charge in [-0.2, -0.15) is 0 Å². The molecular weight excluding hydrogens is 708 g/mol. The highest BCUT2D eigenvalue weighted by Crippen LogP contribution is 2.11. The smallest absolute Gasteiger partial charge is 0.305 e. The molecule has 12 nitrogen and oxygen atoms in total. The van der Waals surface area contributed by atoms with Crippen LogP contribution in [-0.4, -0.2) is 145 Å². The van der Waals surface area contributed by atoms with Gasteiger partial charge in [0.1, 0.15) is 6.61 Å². The summed E-state index contributed by atoms with van der Waals surface area (Å²) in [7, 11) is 0. The molecule has 0 saturated carbocycles. The second kappa shape index (κ2) is 51.1. The molecular formula is C43H86O12. The Bertz CT molecular complexity index is 703. The molecule has 0 N–H and O–H groups in total. The van der Waals surface area contributed by atoms with E-state index in [-0.39, 0.29) is 12.6 Å². The van der Waals surface area contributed by atoms with Gasteiger partial charge in [-0.3, -0.25) is 4.79 Å². The Morgan fingerprint density at radius 1 is 0.255 bits per heavy atom. The van der Waals surface area contributed by atoms with Crippen LogP contribution < -0.4 is 0 Å². The Balaban J connectivity index is 3.09. The average molecular weight is 795 g/mol. The summed E-state index contributed by atoms with van der Waals surface area (Å²) in [5.74, 6) is -0.137. The van der Waals surface area contributed by atoms with E-state index in [1.165, 1.54) is 96.3 Å². The Kier molecular flexibility index (Phi) is 50.2. The van der Waals surface area contributed by atoms with Crippen molar-refractivity contribution in [2.45, 2.75) is 136 Å². The maximum absolute atomic E-state index is 11.7. The molecule has 0 aromatic carbocycles. The lowest BCUT2D eigenvalue weighted by molar-refractivity contribution is -0.145. The number of unbranched alkanes of at least 4 members (excludes halogenated alkanes) is 16. The van der Waals surface area contributed by atoms with Crippen molar-refractivity contribution < 1.29 is 56.9 Å². The third-order valence-electron chi connectivity index (χ3n) is 8.72. The number of carbonyl (C=O) groups excluding carboxylic acids is 1. The summed E-state index contributed by atoms with van der Waals surface area (Å²) >= 11 is 0. The predicted octanol–water partition coefficient (Wildman–Crippen LogP) is 8.15. The molecule has 0 rings (SSSR count). The van der Waals surface area contributed by atoms with E-state index < -0.39 is 0 Å². The molecule has 0 heterocycles. The van der Waals surface area contributed by atoms with Gasteiger partial charge < -0.3 is 52.1 Å². The standard InChI is InChI=1S/C43H86O12/c1-3-5-7-9-11-12-13-14-16-18-20-22-45-23-24-46-25-26-47-27-28-48-29-30-49-31-32-50-33-34-51-35-36-52-37-38-53-39-40-54-41-42-55-43(44)21-19-17-15-10-8-6-4-2/h3-42H2,1-2H3. The molecule has 0 spiro atoms. The van der Waals surface area contributed by atoms with Crippen LogP contribution in [-0.2, 0) is 56.9 Å². The lowest BCUT2D eigenvalue weighted by Crippen LogP contribution is -2.15. The van der Waals surface area contributed by atoms with Crippen molar-refractivity contribution >= 4 is 5.97 Å². The molecule has 0 fully saturated rings. The van der Waals surface area contributed by atoms with Crippen LogP contribution in [0.5, 0.6) is 0 Å². The van der Waals surface area contributed by atoms with Crippen LogP contribution >= 0.6 is 0 Å². The van der Waals surface area contributed by atoms with Gasteiger partial charge in [-0.25, -0.2) is 0 Å². The predicted molar refractivity (Wildman–Crippen MR) is 218 cm³/mol. The molecule has 0 radical (unpaired) electrons. The van der Waals surface area contributed by atoms with Crippen molar-refractivity contribution in [3.63, 3.8) is 0 Å². The summed E-state index contributed by atoms with van der Waals surface area (Å²) in [6, 6.07) is 0. The Labute approximate surface area is 336 Å². The second-order valence-electron chi connectivity index (χ2n) is 13.8. The Morgan fingerprint density at radius 3 is 0.764 bits per heavy atom. The van der Waals surface area contributed by atoms with Gasteiger partial charge in [0.2, 0.25) is 0 Å². The minimum absolute atomic E-state index is 0.137. The van der Waals surface area contributed by atoms with E-state index in [0.29, 0.717) is 132 Å². The first kappa shape index (κ1) is 54.1. The van der Waals surface area contributed by atoms with E-state index in [4.69, 9.17) is 52.1 Å². The molecule has 0 aromatic heterocycles. The van der Waals surface area contributed by atoms with Crippen molar-refractivity contribution in [3.8, 4) is 0 Å². The fourth-order valence-electron chi connectivity index (χ4n) is 5.46. The van der Waals surface area contributed by atoms with Crippen LogP contribution in [0.4, 0.5) is 0 Å². The van der Waals surface area contributed by atoms with Crippen LogP contribution in [0.1, 0.15) is 136 Å². The van der Waals surface area contributed by atoms with E-state index in [1.54, 1.807) is 0 Å². The molecule has 0 saturated heterocycles. The molecule has 0 amide bonds. The van der Waals surface area contributed by atoms with Gasteiger partial charge in [0, 0.05) is 13.0 Å². The average Bonchev–Trinajstić information content (AvgIpc) is 3.19. The summed E-state index contributed by atoms with van der Waals surface area (Å²) in [4.78, 5) is 11.7. The monoisotopic (exact) mass is 795 g/mol. The summed E-state index contributed by atoms with van der Waals surface area (Å²) in [6.45, 7) is 15.5. The van der Waals surface area contributed by atoms with E-state index in [0.717, 1.165) is 25.9 Å². The number of rotatable bonds is 50. The van der Waals surface area contributed by atoms with Gasteiger partial charge in [0.25, 0.3) is 0 Å². The molecule has 0 aliphatic heterocycles. The first-order valence-corrected chi connectivity index (χ1v) is 22.2. The number of esters is 1. The van der Waals surface area contributed by atoms with Crippen LogP contribution in [0.3, 0.4) is 0 Å². The van der Waals surface area contributed by atoms with Crippen LogP contribution in [0.25, 0.3) is 0 Å². The molecule has 0 unspecified atom stereocenters. The zero-order valence-electron chi connectivity index (χ0n) is 35.7. The number of carbonyl (C=O) groups is 1. The minimum atomic E-state index is -0.137. The first-order valence-electron chi connectivity index (χ1n) is 22.2. The second-order valence-corrected chi connectivity index (χ2v) is 13.8. The molecule has 330 valence electrons. The highest BCUT2D eigenvalue weighted by atomic mass is 16.6. The van der Waals surface area contributed by atoms with Gasteiger partial charge in [-0.05, 0) is 12.8 Å². The normalized spacial score (nSPS) is 11.5. The number of hydrogen-bond donors (Lipinski definition) is 0. The third-order valence-corrected chi connectivity index (χ3v) is 8.72. The largest absolute Gasteiger partial charge is 0.463 e. The van der Waals surface area contributed by atoms with Gasteiger partial charge in [0.15, 0.2) is 0 Å². The molecule has 0 aromatic rings. The van der Waals surface area contributed by atoms with Crippen LogP contribution in [0, 0.1) is 0 Å². The topological polar surface area (TPSA) is 119 Å². The quantitative estimate of drug-likeness (QED) is 0.0437. The van der Waals surface area contributed by atoms with Gasteiger partial charge >= 0.3 is 5.97 Å². The molecule has 0 aliphatic rings. The van der Waals surface area contributed by atoms with Gasteiger partial charge in [0.05, 0.1) is 126 Å². The maximum Gasteiger partial charge on any atom is 0.305 e. The van der Waals surface area contributed by atoms with Crippen LogP contribution in [0.2, 0.25) is 0 Å². The fourth-order valence-corrected chi connectivity index (χ4v) is 5.46. The molecule has 55 heavy (non-hydrogen) atoms. The van der Waals surface area contributed by atoms with Crippen molar-refractivity contribution in [1.29, 1.82) is 0 Å². The van der Waals surface area contributed by atoms with E-state index in [1.807, 2.05) is 0 Å². The van der Waals surface area contributed by atoms with Crippen molar-refractivity contribution in [2.24, 2.45) is 0 Å². The SMILES string of the molecule is CCCCCCCCCCCCCOCCOCCOCCOCCOCCOCCOCCOCCOCCOCCOC(=O)CCCCCCCCC. The molecule has 0 aliphatic carbocycles. The number of ether oxygens (including phenoxy) is 11. The minimum Gasteiger partial charge on any atom is -0.463 e. The summed E-state index contributed by atoms with van der Waals surface area (Å²) in [6.07, 6.45) is 23.7. The van der Waals surface area contributed by atoms with E-state index in [9.17, 15) is 4.79 Å². The van der Waals surface area contributed by atoms with Gasteiger partial charge in [-0.15, -0.1) is 0 Å². The molecule has 0 atom stereocenters. The maximum atomic E-state index is 11.7. The summed E-state index contributed by atoms with van der Waals surface area (Å²) in [5.41, 5.74) is 0. The lowest BCUT2D eigenvalue weighted by atomic mass is 10.1. The van der Waals surface area contributed by atoms with E-state index in [2.05, 4.69) is 13.8 Å². The fraction of sp³-hybridized carbons (Fsp3) is 0.977. The lowest BCUT2D eigenvalue weighted by Gasteiger charge is -2.09. The summed E-state index contributed by atoms with van der Waals surface area (Å²) < 4.78 is 60.4. The first-order chi connectivity index (χ1) is 27.3. The van der Waals surface area contributed by atoms with Crippen molar-refractivity contribution in [3.05, 3.63) is 0 Å².